The van der Waals surface area contributed by atoms with Gasteiger partial charge in [0.2, 0.25) is 15.9 Å². The minimum absolute atomic E-state index is 0. The molecule has 1 amide bonds. The van der Waals surface area contributed by atoms with Crippen LogP contribution >= 0.6 is 12.4 Å². The lowest BCUT2D eigenvalue weighted by Crippen LogP contribution is -2.50. The van der Waals surface area contributed by atoms with E-state index in [1.54, 1.807) is 24.3 Å². The number of carbonyl (C=O) groups is 1. The van der Waals surface area contributed by atoms with E-state index >= 15 is 0 Å². The predicted octanol–water partition coefficient (Wildman–Crippen LogP) is 2.45. The van der Waals surface area contributed by atoms with Gasteiger partial charge >= 0.3 is 0 Å². The van der Waals surface area contributed by atoms with Crippen molar-refractivity contribution in [1.82, 2.24) is 9.62 Å². The Morgan fingerprint density at radius 2 is 1.82 bits per heavy atom. The third-order valence-corrected chi connectivity index (χ3v) is 7.83. The van der Waals surface area contributed by atoms with Gasteiger partial charge in [-0.15, -0.1) is 12.4 Å². The van der Waals surface area contributed by atoms with Gasteiger partial charge in [-0.05, 0) is 57.2 Å². The molecule has 1 aliphatic heterocycles. The minimum Gasteiger partial charge on any atom is -0.353 e. The molecule has 28 heavy (non-hydrogen) atoms. The van der Waals surface area contributed by atoms with Crippen LogP contribution in [0.5, 0.6) is 0 Å². The van der Waals surface area contributed by atoms with Crippen LogP contribution in [0.2, 0.25) is 0 Å². The van der Waals surface area contributed by atoms with Gasteiger partial charge in [-0.1, -0.05) is 30.5 Å². The van der Waals surface area contributed by atoms with Crippen molar-refractivity contribution in [3.05, 3.63) is 29.8 Å². The lowest BCUT2D eigenvalue weighted by Gasteiger charge is -2.35. The largest absolute Gasteiger partial charge is 0.353 e. The molecule has 6 nitrogen and oxygen atoms in total. The fraction of sp³-hybridized carbons (Fsp3) is 0.650. The lowest BCUT2D eigenvalue weighted by molar-refractivity contribution is -0.127. The first kappa shape index (κ1) is 23.1. The first-order valence-corrected chi connectivity index (χ1v) is 11.4. The van der Waals surface area contributed by atoms with Crippen LogP contribution in [-0.4, -0.2) is 44.3 Å². The maximum absolute atomic E-state index is 12.9. The number of nitrogens with one attached hydrogen (secondary N) is 1. The van der Waals surface area contributed by atoms with Crippen molar-refractivity contribution in [2.24, 2.45) is 17.6 Å². The highest BCUT2D eigenvalue weighted by atomic mass is 35.5. The number of piperidine rings is 1. The lowest BCUT2D eigenvalue weighted by atomic mass is 9.84. The second-order valence-corrected chi connectivity index (χ2v) is 9.85. The maximum atomic E-state index is 12.9. The van der Waals surface area contributed by atoms with Gasteiger partial charge in [-0.3, -0.25) is 4.79 Å². The molecule has 3 rings (SSSR count). The summed E-state index contributed by atoms with van der Waals surface area (Å²) in [6.45, 7) is 3.23. The molecule has 1 heterocycles. The number of amides is 1. The Balaban J connectivity index is 0.00000280. The van der Waals surface area contributed by atoms with Crippen molar-refractivity contribution in [1.29, 1.82) is 0 Å². The molecule has 0 aromatic heterocycles. The number of nitrogens with zero attached hydrogens (tertiary/aromatic N) is 1. The number of benzene rings is 1. The van der Waals surface area contributed by atoms with Crippen molar-refractivity contribution in [2.45, 2.75) is 56.4 Å². The Labute approximate surface area is 174 Å². The van der Waals surface area contributed by atoms with Gasteiger partial charge in [0.25, 0.3) is 0 Å². The van der Waals surface area contributed by atoms with Crippen LogP contribution < -0.4 is 11.1 Å². The predicted molar refractivity (Wildman–Crippen MR) is 113 cm³/mol. The molecule has 2 aliphatic rings. The summed E-state index contributed by atoms with van der Waals surface area (Å²) in [7, 11) is -3.56. The molecule has 0 spiro atoms. The zero-order valence-corrected chi connectivity index (χ0v) is 18.1. The van der Waals surface area contributed by atoms with E-state index in [1.807, 2.05) is 6.92 Å². The fourth-order valence-corrected chi connectivity index (χ4v) is 5.74. The molecule has 3 unspecified atom stereocenters. The van der Waals surface area contributed by atoms with E-state index in [9.17, 15) is 13.2 Å². The quantitative estimate of drug-likeness (QED) is 0.751. The number of carbonyl (C=O) groups excluding carboxylic acids is 1. The zero-order valence-electron chi connectivity index (χ0n) is 16.5. The molecule has 1 aromatic rings. The Bertz CT molecular complexity index is 754. The molecule has 0 bridgehead atoms. The van der Waals surface area contributed by atoms with E-state index in [1.165, 1.54) is 10.7 Å². The fourth-order valence-electron chi connectivity index (χ4n) is 4.21. The van der Waals surface area contributed by atoms with Crippen molar-refractivity contribution >= 4 is 28.3 Å². The molecule has 8 heteroatoms. The van der Waals surface area contributed by atoms with E-state index in [0.717, 1.165) is 31.2 Å². The molecule has 2 fully saturated rings. The van der Waals surface area contributed by atoms with Crippen LogP contribution in [-0.2, 0) is 14.8 Å². The first-order chi connectivity index (χ1) is 12.9. The third kappa shape index (κ3) is 5.26. The summed E-state index contributed by atoms with van der Waals surface area (Å²) in [5.41, 5.74) is 6.88. The van der Waals surface area contributed by atoms with Crippen LogP contribution in [0, 0.1) is 18.8 Å². The van der Waals surface area contributed by atoms with Crippen LogP contribution in [0.1, 0.15) is 44.1 Å². The molecule has 1 saturated heterocycles. The SMILES string of the molecule is Cc1ccc(S(=O)(=O)N2CCCC(C(=O)NC3CCCCC3CN)C2)cc1.Cl. The van der Waals surface area contributed by atoms with Gasteiger partial charge in [-0.25, -0.2) is 8.42 Å². The highest BCUT2D eigenvalue weighted by molar-refractivity contribution is 7.89. The smallest absolute Gasteiger partial charge is 0.243 e. The molecular weight excluding hydrogens is 398 g/mol. The monoisotopic (exact) mass is 429 g/mol. The number of sulfonamides is 1. The second kappa shape index (κ2) is 10.1. The topological polar surface area (TPSA) is 92.5 Å². The zero-order chi connectivity index (χ0) is 19.4. The maximum Gasteiger partial charge on any atom is 0.243 e. The number of hydrogen-bond donors (Lipinski definition) is 2. The number of hydrogen-bond acceptors (Lipinski definition) is 4. The van der Waals surface area contributed by atoms with Crippen LogP contribution in [0.15, 0.2) is 29.2 Å². The van der Waals surface area contributed by atoms with Crippen LogP contribution in [0.25, 0.3) is 0 Å². The minimum atomic E-state index is -3.56. The number of rotatable bonds is 5. The van der Waals surface area contributed by atoms with E-state index in [-0.39, 0.29) is 36.8 Å². The van der Waals surface area contributed by atoms with Crippen LogP contribution in [0.4, 0.5) is 0 Å². The molecule has 158 valence electrons. The van der Waals surface area contributed by atoms with E-state index < -0.39 is 10.0 Å². The number of nitrogens with two attached hydrogens (primary N) is 1. The molecule has 0 radical (unpaired) electrons. The summed E-state index contributed by atoms with van der Waals surface area (Å²) in [4.78, 5) is 13.1. The Morgan fingerprint density at radius 3 is 2.50 bits per heavy atom. The Kier molecular flexibility index (Phi) is 8.30. The van der Waals surface area contributed by atoms with Gasteiger partial charge in [0.05, 0.1) is 10.8 Å². The van der Waals surface area contributed by atoms with Crippen molar-refractivity contribution in [3.63, 3.8) is 0 Å². The van der Waals surface area contributed by atoms with Crippen LogP contribution in [0.3, 0.4) is 0 Å². The van der Waals surface area contributed by atoms with Gasteiger partial charge in [0.1, 0.15) is 0 Å². The average molecular weight is 430 g/mol. The average Bonchev–Trinajstić information content (AvgIpc) is 2.69. The Morgan fingerprint density at radius 1 is 1.14 bits per heavy atom. The van der Waals surface area contributed by atoms with Crippen molar-refractivity contribution < 1.29 is 13.2 Å². The molecular formula is C20H32ClN3O3S. The van der Waals surface area contributed by atoms with E-state index in [0.29, 0.717) is 30.3 Å². The molecule has 3 atom stereocenters. The van der Waals surface area contributed by atoms with E-state index in [4.69, 9.17) is 5.73 Å². The van der Waals surface area contributed by atoms with E-state index in [2.05, 4.69) is 5.32 Å². The number of aryl methyl sites for hydroxylation is 1. The summed E-state index contributed by atoms with van der Waals surface area (Å²) in [6, 6.07) is 7.01. The Hall–Kier alpha value is -1.15. The van der Waals surface area contributed by atoms with Gasteiger partial charge in [-0.2, -0.15) is 4.31 Å². The standard InChI is InChI=1S/C20H31N3O3S.ClH/c1-15-8-10-18(11-9-15)27(25,26)23-12-4-6-17(14-23)20(24)22-19-7-3-2-5-16(19)13-21;/h8-11,16-17,19H,2-7,12-14,21H2,1H3,(H,22,24);1H. The molecule has 1 aliphatic carbocycles. The molecule has 1 saturated carbocycles. The third-order valence-electron chi connectivity index (χ3n) is 5.95. The summed E-state index contributed by atoms with van der Waals surface area (Å²) < 4.78 is 27.3. The summed E-state index contributed by atoms with van der Waals surface area (Å²) in [5, 5.41) is 3.17. The van der Waals surface area contributed by atoms with Crippen molar-refractivity contribution in [3.8, 4) is 0 Å². The second-order valence-electron chi connectivity index (χ2n) is 7.91. The normalized spacial score (nSPS) is 26.3. The summed E-state index contributed by atoms with van der Waals surface area (Å²) >= 11 is 0. The van der Waals surface area contributed by atoms with Gasteiger partial charge < -0.3 is 11.1 Å². The number of halogens is 1. The molecule has 3 N–H and O–H groups in total. The van der Waals surface area contributed by atoms with Gasteiger partial charge in [0, 0.05) is 19.1 Å². The molecule has 1 aromatic carbocycles. The first-order valence-electron chi connectivity index (χ1n) is 9.99. The summed E-state index contributed by atoms with van der Waals surface area (Å²) in [5.74, 6) is 0.0159. The van der Waals surface area contributed by atoms with Gasteiger partial charge in [0.15, 0.2) is 0 Å². The highest BCUT2D eigenvalue weighted by Gasteiger charge is 2.35. The summed E-state index contributed by atoms with van der Waals surface area (Å²) in [6.07, 6.45) is 5.73. The highest BCUT2D eigenvalue weighted by Crippen LogP contribution is 2.27. The van der Waals surface area contributed by atoms with Crippen molar-refractivity contribution in [2.75, 3.05) is 19.6 Å².